The van der Waals surface area contributed by atoms with Crippen LogP contribution in [0.1, 0.15) is 24.0 Å². The minimum atomic E-state index is -1.01. The molecule has 1 aliphatic rings. The Morgan fingerprint density at radius 2 is 2.23 bits per heavy atom. The summed E-state index contributed by atoms with van der Waals surface area (Å²) in [6, 6.07) is 3.44. The average Bonchev–Trinajstić information content (AvgIpc) is 3.14. The topological polar surface area (TPSA) is 155 Å². The first kappa shape index (κ1) is 19.7. The van der Waals surface area contributed by atoms with Crippen LogP contribution in [-0.2, 0) is 16.1 Å². The highest BCUT2D eigenvalue weighted by molar-refractivity contribution is 5.95. The van der Waals surface area contributed by atoms with Gasteiger partial charge in [0.05, 0.1) is 13.7 Å². The number of aliphatic hydroxyl groups is 1. The lowest BCUT2D eigenvalue weighted by atomic mass is 10.1. The van der Waals surface area contributed by atoms with Gasteiger partial charge in [0.15, 0.2) is 0 Å². The van der Waals surface area contributed by atoms with E-state index in [1.807, 2.05) is 0 Å². The van der Waals surface area contributed by atoms with Crippen molar-refractivity contribution in [3.63, 3.8) is 0 Å². The number of nitrogen functional groups attached to an aromatic ring is 1. The number of carbonyl (C=O) groups excluding carboxylic acids is 2. The largest absolute Gasteiger partial charge is 0.496 e. The highest BCUT2D eigenvalue weighted by atomic mass is 16.5. The first-order chi connectivity index (χ1) is 12.4. The number of nitrogens with two attached hydrogens (primary N) is 2. The Bertz CT molecular complexity index is 694. The van der Waals surface area contributed by atoms with Gasteiger partial charge in [-0.1, -0.05) is 12.1 Å². The van der Waals surface area contributed by atoms with E-state index in [1.165, 1.54) is 12.0 Å². The molecule has 2 amide bonds. The fraction of sp³-hybridized carbons (Fsp3) is 0.471. The fourth-order valence-corrected chi connectivity index (χ4v) is 2.95. The van der Waals surface area contributed by atoms with Crippen molar-refractivity contribution in [1.29, 1.82) is 5.41 Å². The lowest BCUT2D eigenvalue weighted by Gasteiger charge is -2.26. The normalized spacial score (nSPS) is 17.7. The van der Waals surface area contributed by atoms with Gasteiger partial charge in [0.25, 0.3) is 0 Å². The van der Waals surface area contributed by atoms with Crippen LogP contribution >= 0.6 is 0 Å². The number of hydrogen-bond donors (Lipinski definition) is 5. The number of amidine groups is 1. The Hall–Kier alpha value is -2.65. The standard InChI is InChI=1S/C17H25N5O4/c1-26-14-7-10(15(19)20)4-5-11(14)8-21-16(24)13-3-2-6-22(13)17(25)12(18)9-23/h4-5,7,12-13,23H,2-3,6,8-9,18H2,1H3,(H3,19,20)(H,21,24)/t12-,13-/m0/s1. The van der Waals surface area contributed by atoms with Crippen LogP contribution in [0.25, 0.3) is 0 Å². The van der Waals surface area contributed by atoms with E-state index in [-0.39, 0.29) is 18.3 Å². The van der Waals surface area contributed by atoms with E-state index >= 15 is 0 Å². The van der Waals surface area contributed by atoms with Crippen LogP contribution in [0.5, 0.6) is 5.75 Å². The molecule has 9 nitrogen and oxygen atoms in total. The number of nitrogens with zero attached hydrogens (tertiary/aromatic N) is 1. The molecule has 1 aromatic rings. The molecule has 0 saturated carbocycles. The summed E-state index contributed by atoms with van der Waals surface area (Å²) >= 11 is 0. The Balaban J connectivity index is 2.04. The summed E-state index contributed by atoms with van der Waals surface area (Å²) in [6.07, 6.45) is 1.26. The molecule has 1 saturated heterocycles. The second kappa shape index (κ2) is 8.63. The van der Waals surface area contributed by atoms with Crippen molar-refractivity contribution in [3.8, 4) is 5.75 Å². The number of methoxy groups -OCH3 is 1. The van der Waals surface area contributed by atoms with Crippen molar-refractivity contribution in [1.82, 2.24) is 10.2 Å². The first-order valence-electron chi connectivity index (χ1n) is 8.35. The maximum absolute atomic E-state index is 12.5. The molecule has 26 heavy (non-hydrogen) atoms. The lowest BCUT2D eigenvalue weighted by Crippen LogP contribution is -2.52. The van der Waals surface area contributed by atoms with Crippen molar-refractivity contribution >= 4 is 17.6 Å². The van der Waals surface area contributed by atoms with Crippen LogP contribution in [0.2, 0.25) is 0 Å². The number of hydrogen-bond acceptors (Lipinski definition) is 6. The van der Waals surface area contributed by atoms with E-state index in [1.54, 1.807) is 18.2 Å². The van der Waals surface area contributed by atoms with Gasteiger partial charge in [-0.25, -0.2) is 0 Å². The maximum atomic E-state index is 12.5. The second-order valence-electron chi connectivity index (χ2n) is 6.14. The number of aliphatic hydroxyl groups excluding tert-OH is 1. The summed E-state index contributed by atoms with van der Waals surface area (Å²) in [6.45, 7) is 0.204. The van der Waals surface area contributed by atoms with Gasteiger partial charge in [0.2, 0.25) is 11.8 Å². The molecule has 1 aromatic carbocycles. The zero-order valence-corrected chi connectivity index (χ0v) is 14.7. The molecule has 1 heterocycles. The number of ether oxygens (including phenoxy) is 1. The molecule has 0 aliphatic carbocycles. The molecule has 1 fully saturated rings. The van der Waals surface area contributed by atoms with Crippen molar-refractivity contribution in [3.05, 3.63) is 29.3 Å². The minimum Gasteiger partial charge on any atom is -0.496 e. The van der Waals surface area contributed by atoms with E-state index in [2.05, 4.69) is 5.32 Å². The quantitative estimate of drug-likeness (QED) is 0.306. The Morgan fingerprint density at radius 3 is 2.85 bits per heavy atom. The number of amides is 2. The smallest absolute Gasteiger partial charge is 0.243 e. The molecule has 9 heteroatoms. The summed E-state index contributed by atoms with van der Waals surface area (Å²) in [5.74, 6) is -0.258. The summed E-state index contributed by atoms with van der Waals surface area (Å²) in [4.78, 5) is 26.1. The van der Waals surface area contributed by atoms with Crippen molar-refractivity contribution in [2.24, 2.45) is 11.5 Å². The summed E-state index contributed by atoms with van der Waals surface area (Å²) in [5.41, 5.74) is 12.3. The lowest BCUT2D eigenvalue weighted by molar-refractivity contribution is -0.140. The Labute approximate surface area is 151 Å². The van der Waals surface area contributed by atoms with Crippen LogP contribution in [0.4, 0.5) is 0 Å². The predicted molar refractivity (Wildman–Crippen MR) is 95.7 cm³/mol. The third kappa shape index (κ3) is 4.30. The molecule has 2 rings (SSSR count). The van der Waals surface area contributed by atoms with Gasteiger partial charge in [0, 0.05) is 24.2 Å². The SMILES string of the molecule is COc1cc(C(=N)N)ccc1CNC(=O)[C@@H]1CCCN1C(=O)[C@@H](N)CO. The zero-order chi connectivity index (χ0) is 19.3. The predicted octanol–water partition coefficient (Wildman–Crippen LogP) is -1.09. The molecule has 0 unspecified atom stereocenters. The molecule has 1 aliphatic heterocycles. The Morgan fingerprint density at radius 1 is 1.50 bits per heavy atom. The monoisotopic (exact) mass is 363 g/mol. The minimum absolute atomic E-state index is 0.0702. The van der Waals surface area contributed by atoms with Gasteiger partial charge in [-0.3, -0.25) is 15.0 Å². The molecule has 0 spiro atoms. The third-order valence-corrected chi connectivity index (χ3v) is 4.40. The number of carbonyl (C=O) groups is 2. The molecule has 142 valence electrons. The van der Waals surface area contributed by atoms with Crippen LogP contribution in [0.15, 0.2) is 18.2 Å². The molecule has 0 bridgehead atoms. The van der Waals surface area contributed by atoms with Gasteiger partial charge in [-0.05, 0) is 18.9 Å². The summed E-state index contributed by atoms with van der Waals surface area (Å²) in [5, 5.41) is 19.3. The number of nitrogens with one attached hydrogen (secondary N) is 2. The summed E-state index contributed by atoms with van der Waals surface area (Å²) in [7, 11) is 1.50. The van der Waals surface area contributed by atoms with Crippen LogP contribution in [-0.4, -0.2) is 60.0 Å². The van der Waals surface area contributed by atoms with Gasteiger partial charge < -0.3 is 31.5 Å². The zero-order valence-electron chi connectivity index (χ0n) is 14.7. The van der Waals surface area contributed by atoms with Crippen molar-refractivity contribution in [2.75, 3.05) is 20.3 Å². The summed E-state index contributed by atoms with van der Waals surface area (Å²) < 4.78 is 5.29. The molecule has 0 aromatic heterocycles. The number of rotatable bonds is 7. The second-order valence-corrected chi connectivity index (χ2v) is 6.14. The highest BCUT2D eigenvalue weighted by Crippen LogP contribution is 2.21. The Kier molecular flexibility index (Phi) is 6.53. The van der Waals surface area contributed by atoms with Gasteiger partial charge in [-0.15, -0.1) is 0 Å². The van der Waals surface area contributed by atoms with E-state index < -0.39 is 24.6 Å². The average molecular weight is 363 g/mol. The molecular formula is C17H25N5O4. The van der Waals surface area contributed by atoms with E-state index in [4.69, 9.17) is 26.7 Å². The number of benzene rings is 1. The van der Waals surface area contributed by atoms with Gasteiger partial charge in [-0.2, -0.15) is 0 Å². The molecular weight excluding hydrogens is 338 g/mol. The molecule has 7 N–H and O–H groups in total. The van der Waals surface area contributed by atoms with Gasteiger partial charge in [0.1, 0.15) is 23.7 Å². The van der Waals surface area contributed by atoms with Crippen molar-refractivity contribution < 1.29 is 19.4 Å². The highest BCUT2D eigenvalue weighted by Gasteiger charge is 2.35. The fourth-order valence-electron chi connectivity index (χ4n) is 2.95. The van der Waals surface area contributed by atoms with Crippen LogP contribution in [0.3, 0.4) is 0 Å². The van der Waals surface area contributed by atoms with Crippen LogP contribution < -0.4 is 21.5 Å². The number of likely N-dealkylation sites (tertiary alicyclic amines) is 1. The molecule has 2 atom stereocenters. The third-order valence-electron chi connectivity index (χ3n) is 4.40. The van der Waals surface area contributed by atoms with Crippen molar-refractivity contribution in [2.45, 2.75) is 31.5 Å². The first-order valence-corrected chi connectivity index (χ1v) is 8.35. The van der Waals surface area contributed by atoms with E-state index in [0.717, 1.165) is 5.56 Å². The maximum Gasteiger partial charge on any atom is 0.243 e. The van der Waals surface area contributed by atoms with E-state index in [9.17, 15) is 9.59 Å². The van der Waals surface area contributed by atoms with E-state index in [0.29, 0.717) is 30.7 Å². The molecule has 0 radical (unpaired) electrons. The van der Waals surface area contributed by atoms with Gasteiger partial charge >= 0.3 is 0 Å². The van der Waals surface area contributed by atoms with Crippen LogP contribution in [0, 0.1) is 5.41 Å².